The van der Waals surface area contributed by atoms with Crippen LogP contribution in [0.4, 0.5) is 4.79 Å². The second kappa shape index (κ2) is 5.65. The first-order valence-electron chi connectivity index (χ1n) is 8.36. The van der Waals surface area contributed by atoms with Gasteiger partial charge in [-0.05, 0) is 49.8 Å². The molecule has 8 heteroatoms. The summed E-state index contributed by atoms with van der Waals surface area (Å²) in [4.78, 5) is 37.4. The van der Waals surface area contributed by atoms with Crippen LogP contribution in [-0.2, 0) is 4.79 Å². The van der Waals surface area contributed by atoms with Crippen molar-refractivity contribution in [2.45, 2.75) is 38.1 Å². The Morgan fingerprint density at radius 2 is 1.96 bits per heavy atom. The van der Waals surface area contributed by atoms with Crippen molar-refractivity contribution in [1.29, 1.82) is 0 Å². The minimum absolute atomic E-state index is 0.106. The van der Waals surface area contributed by atoms with E-state index >= 15 is 0 Å². The molecule has 1 aliphatic carbocycles. The number of carbonyl (C=O) groups is 3. The van der Waals surface area contributed by atoms with Gasteiger partial charge in [-0.1, -0.05) is 6.92 Å². The van der Waals surface area contributed by atoms with E-state index in [0.717, 1.165) is 17.9 Å². The van der Waals surface area contributed by atoms with E-state index in [-0.39, 0.29) is 12.4 Å². The molecule has 0 atom stereocenters. The highest BCUT2D eigenvalue weighted by atomic mass is 16.7. The minimum Gasteiger partial charge on any atom is -0.454 e. The maximum Gasteiger partial charge on any atom is 0.344 e. The largest absolute Gasteiger partial charge is 0.454 e. The number of fused-ring (bicyclic) bond motifs is 1. The van der Waals surface area contributed by atoms with Crippen LogP contribution in [-0.4, -0.2) is 35.2 Å². The Labute approximate surface area is 144 Å². The first kappa shape index (κ1) is 15.7. The molecule has 3 aliphatic rings. The lowest BCUT2D eigenvalue weighted by Gasteiger charge is -2.33. The normalized spacial score (nSPS) is 27.6. The molecule has 1 saturated carbocycles. The van der Waals surface area contributed by atoms with Crippen molar-refractivity contribution in [3.8, 4) is 11.5 Å². The molecular formula is C17H19N3O5. The van der Waals surface area contributed by atoms with E-state index in [4.69, 9.17) is 9.47 Å². The zero-order valence-electron chi connectivity index (χ0n) is 13.8. The fraction of sp³-hybridized carbons (Fsp3) is 0.471. The van der Waals surface area contributed by atoms with E-state index in [9.17, 15) is 14.4 Å². The van der Waals surface area contributed by atoms with Crippen molar-refractivity contribution >= 4 is 17.8 Å². The third-order valence-corrected chi connectivity index (χ3v) is 5.14. The molecular weight excluding hydrogens is 326 g/mol. The van der Waals surface area contributed by atoms with Crippen LogP contribution in [0.15, 0.2) is 18.2 Å². The molecule has 8 nitrogen and oxygen atoms in total. The summed E-state index contributed by atoms with van der Waals surface area (Å²) in [6.45, 7) is 2.24. The number of nitrogens with zero attached hydrogens (tertiary/aromatic N) is 1. The number of ether oxygens (including phenoxy) is 2. The number of carbonyl (C=O) groups excluding carboxylic acids is 3. The number of hydrogen-bond acceptors (Lipinski definition) is 5. The zero-order valence-corrected chi connectivity index (χ0v) is 13.8. The molecule has 2 heterocycles. The fourth-order valence-electron chi connectivity index (χ4n) is 3.52. The summed E-state index contributed by atoms with van der Waals surface area (Å²) in [6, 6.07) is 4.11. The highest BCUT2D eigenvalue weighted by Crippen LogP contribution is 2.36. The Balaban J connectivity index is 1.49. The quantitative estimate of drug-likeness (QED) is 0.793. The van der Waals surface area contributed by atoms with Gasteiger partial charge < -0.3 is 14.8 Å². The second-order valence-corrected chi connectivity index (χ2v) is 6.84. The topological polar surface area (TPSA) is 97.0 Å². The Bertz CT molecular complexity index is 755. The highest BCUT2D eigenvalue weighted by molar-refractivity contribution is 6.09. The van der Waals surface area contributed by atoms with Gasteiger partial charge in [-0.3, -0.25) is 15.0 Å². The fourth-order valence-corrected chi connectivity index (χ4v) is 3.52. The number of urea groups is 1. The van der Waals surface area contributed by atoms with E-state index in [0.29, 0.717) is 30.3 Å². The molecule has 25 heavy (non-hydrogen) atoms. The minimum atomic E-state index is -0.883. The number of rotatable bonds is 2. The standard InChI is InChI=1S/C17H19N3O5/c1-10-4-6-17(7-5-10)15(22)20(16(23)18-17)19-14(21)11-2-3-12-13(8-11)25-9-24-12/h2-3,8,10H,4-7,9H2,1H3,(H,18,23)(H,19,21). The maximum atomic E-state index is 12.7. The summed E-state index contributed by atoms with van der Waals surface area (Å²) in [7, 11) is 0. The molecule has 2 aliphatic heterocycles. The molecule has 2 N–H and O–H groups in total. The molecule has 0 unspecified atom stereocenters. The number of hydrazine groups is 1. The van der Waals surface area contributed by atoms with Crippen LogP contribution in [0.2, 0.25) is 0 Å². The molecule has 0 bridgehead atoms. The van der Waals surface area contributed by atoms with Gasteiger partial charge in [-0.2, -0.15) is 5.01 Å². The summed E-state index contributed by atoms with van der Waals surface area (Å²) in [6.07, 6.45) is 2.93. The van der Waals surface area contributed by atoms with E-state index in [1.807, 2.05) is 0 Å². The van der Waals surface area contributed by atoms with Crippen LogP contribution in [0.25, 0.3) is 0 Å². The predicted octanol–water partition coefficient (Wildman–Crippen LogP) is 1.56. The highest BCUT2D eigenvalue weighted by Gasteiger charge is 2.52. The van der Waals surface area contributed by atoms with E-state index < -0.39 is 23.4 Å². The molecule has 4 rings (SSSR count). The Morgan fingerprint density at radius 3 is 2.72 bits per heavy atom. The lowest BCUT2D eigenvalue weighted by atomic mass is 9.77. The third kappa shape index (κ3) is 2.57. The van der Waals surface area contributed by atoms with E-state index in [1.165, 1.54) is 6.07 Å². The lowest BCUT2D eigenvalue weighted by Crippen LogP contribution is -2.51. The van der Waals surface area contributed by atoms with Gasteiger partial charge in [0, 0.05) is 5.56 Å². The lowest BCUT2D eigenvalue weighted by molar-refractivity contribution is -0.134. The average molecular weight is 345 g/mol. The van der Waals surface area contributed by atoms with Gasteiger partial charge in [-0.25, -0.2) is 4.79 Å². The van der Waals surface area contributed by atoms with Crippen LogP contribution < -0.4 is 20.2 Å². The summed E-state index contributed by atoms with van der Waals surface area (Å²) in [5.74, 6) is 0.610. The molecule has 2 fully saturated rings. The van der Waals surface area contributed by atoms with Gasteiger partial charge in [0.1, 0.15) is 5.54 Å². The van der Waals surface area contributed by atoms with Gasteiger partial charge in [0.2, 0.25) is 6.79 Å². The van der Waals surface area contributed by atoms with Crippen molar-refractivity contribution in [3.05, 3.63) is 23.8 Å². The van der Waals surface area contributed by atoms with Crippen molar-refractivity contribution in [3.63, 3.8) is 0 Å². The average Bonchev–Trinajstić information content (AvgIpc) is 3.16. The maximum absolute atomic E-state index is 12.7. The van der Waals surface area contributed by atoms with Crippen LogP contribution in [0.3, 0.4) is 0 Å². The SMILES string of the molecule is CC1CCC2(CC1)NC(=O)N(NC(=O)c1ccc3c(c1)OCO3)C2=O. The van der Waals surface area contributed by atoms with E-state index in [2.05, 4.69) is 17.7 Å². The summed E-state index contributed by atoms with van der Waals surface area (Å²) >= 11 is 0. The molecule has 4 amide bonds. The van der Waals surface area contributed by atoms with Crippen LogP contribution >= 0.6 is 0 Å². The van der Waals surface area contributed by atoms with Crippen LogP contribution in [0.5, 0.6) is 11.5 Å². The second-order valence-electron chi connectivity index (χ2n) is 6.84. The number of hydrogen-bond donors (Lipinski definition) is 2. The van der Waals surface area contributed by atoms with Gasteiger partial charge >= 0.3 is 6.03 Å². The van der Waals surface area contributed by atoms with Crippen molar-refractivity contribution in [2.24, 2.45) is 5.92 Å². The van der Waals surface area contributed by atoms with E-state index in [1.54, 1.807) is 12.1 Å². The first-order valence-corrected chi connectivity index (χ1v) is 8.36. The van der Waals surface area contributed by atoms with Crippen molar-refractivity contribution in [2.75, 3.05) is 6.79 Å². The number of imide groups is 1. The van der Waals surface area contributed by atoms with Crippen LogP contribution in [0, 0.1) is 5.92 Å². The number of benzene rings is 1. The smallest absolute Gasteiger partial charge is 0.344 e. The van der Waals surface area contributed by atoms with Crippen molar-refractivity contribution < 1.29 is 23.9 Å². The number of nitrogens with one attached hydrogen (secondary N) is 2. The van der Waals surface area contributed by atoms with Gasteiger partial charge in [-0.15, -0.1) is 0 Å². The van der Waals surface area contributed by atoms with Gasteiger partial charge in [0.05, 0.1) is 0 Å². The first-order chi connectivity index (χ1) is 12.0. The molecule has 0 radical (unpaired) electrons. The summed E-state index contributed by atoms with van der Waals surface area (Å²) in [5, 5.41) is 3.56. The third-order valence-electron chi connectivity index (χ3n) is 5.14. The molecule has 132 valence electrons. The molecule has 1 saturated heterocycles. The molecule has 1 spiro atoms. The zero-order chi connectivity index (χ0) is 17.6. The molecule has 1 aromatic carbocycles. The summed E-state index contributed by atoms with van der Waals surface area (Å²) < 4.78 is 10.4. The Hall–Kier alpha value is -2.77. The Morgan fingerprint density at radius 1 is 1.24 bits per heavy atom. The summed E-state index contributed by atoms with van der Waals surface area (Å²) in [5.41, 5.74) is 1.80. The molecule has 1 aromatic rings. The van der Waals surface area contributed by atoms with Crippen molar-refractivity contribution in [1.82, 2.24) is 15.8 Å². The molecule has 0 aromatic heterocycles. The van der Waals surface area contributed by atoms with Gasteiger partial charge in [0.25, 0.3) is 11.8 Å². The predicted molar refractivity (Wildman–Crippen MR) is 85.8 cm³/mol. The van der Waals surface area contributed by atoms with Crippen LogP contribution in [0.1, 0.15) is 43.0 Å². The monoisotopic (exact) mass is 345 g/mol. The Kier molecular flexibility index (Phi) is 3.55. The number of amides is 4. The van der Waals surface area contributed by atoms with Gasteiger partial charge in [0.15, 0.2) is 11.5 Å².